The summed E-state index contributed by atoms with van der Waals surface area (Å²) in [6, 6.07) is 0. The lowest BCUT2D eigenvalue weighted by Crippen LogP contribution is -2.33. The number of hydrogen-bond donors (Lipinski definition) is 1. The Morgan fingerprint density at radius 2 is 2.11 bits per heavy atom. The molecular formula is C15H26N4. The van der Waals surface area contributed by atoms with Gasteiger partial charge in [-0.15, -0.1) is 0 Å². The van der Waals surface area contributed by atoms with E-state index in [1.165, 1.54) is 24.8 Å². The molecule has 1 aliphatic rings. The monoisotopic (exact) mass is 262 g/mol. The van der Waals surface area contributed by atoms with E-state index in [4.69, 9.17) is 0 Å². The Balaban J connectivity index is 2.11. The van der Waals surface area contributed by atoms with Crippen LogP contribution in [0.1, 0.15) is 45.1 Å². The normalized spacial score (nSPS) is 15.1. The zero-order chi connectivity index (χ0) is 13.7. The third-order valence-electron chi connectivity index (χ3n) is 3.98. The van der Waals surface area contributed by atoms with E-state index >= 15 is 0 Å². The van der Waals surface area contributed by atoms with E-state index in [0.29, 0.717) is 0 Å². The first kappa shape index (κ1) is 14.1. The summed E-state index contributed by atoms with van der Waals surface area (Å²) in [5, 5.41) is 3.39. The van der Waals surface area contributed by atoms with E-state index in [1.54, 1.807) is 6.33 Å². The third kappa shape index (κ3) is 3.37. The summed E-state index contributed by atoms with van der Waals surface area (Å²) in [5.41, 5.74) is 1.18. The van der Waals surface area contributed by atoms with Crippen LogP contribution in [0.15, 0.2) is 6.33 Å². The number of aromatic nitrogens is 2. The van der Waals surface area contributed by atoms with Crippen LogP contribution < -0.4 is 10.2 Å². The predicted octanol–water partition coefficient (Wildman–Crippen LogP) is 3.23. The second kappa shape index (κ2) is 6.73. The molecule has 4 nitrogen and oxygen atoms in total. The molecule has 1 aromatic rings. The molecular weight excluding hydrogens is 236 g/mol. The summed E-state index contributed by atoms with van der Waals surface area (Å²) in [5.74, 6) is 2.95. The Morgan fingerprint density at radius 3 is 2.68 bits per heavy atom. The minimum Gasteiger partial charge on any atom is -0.370 e. The fourth-order valence-corrected chi connectivity index (χ4v) is 2.53. The standard InChI is InChI=1S/C15H26N4/c1-4-9-16-14-12(3)15(18-11-17-14)19(5-2)10-13-7-6-8-13/h11,13H,4-10H2,1-3H3,(H,16,17,18). The van der Waals surface area contributed by atoms with Gasteiger partial charge in [-0.3, -0.25) is 0 Å². The lowest BCUT2D eigenvalue weighted by atomic mass is 9.85. The molecule has 0 unspecified atom stereocenters. The van der Waals surface area contributed by atoms with Gasteiger partial charge in [-0.1, -0.05) is 13.3 Å². The second-order valence-corrected chi connectivity index (χ2v) is 5.43. The fraction of sp³-hybridized carbons (Fsp3) is 0.733. The van der Waals surface area contributed by atoms with Crippen LogP contribution >= 0.6 is 0 Å². The van der Waals surface area contributed by atoms with Crippen molar-refractivity contribution in [3.63, 3.8) is 0 Å². The Kier molecular flexibility index (Phi) is 5.00. The van der Waals surface area contributed by atoms with E-state index in [2.05, 4.69) is 41.0 Å². The minimum atomic E-state index is 0.862. The molecule has 0 aliphatic heterocycles. The van der Waals surface area contributed by atoms with Crippen LogP contribution in [0, 0.1) is 12.8 Å². The zero-order valence-corrected chi connectivity index (χ0v) is 12.4. The van der Waals surface area contributed by atoms with Crippen molar-refractivity contribution in [3.8, 4) is 0 Å². The van der Waals surface area contributed by atoms with Gasteiger partial charge >= 0.3 is 0 Å². The van der Waals surface area contributed by atoms with E-state index in [-0.39, 0.29) is 0 Å². The van der Waals surface area contributed by atoms with Gasteiger partial charge in [-0.05, 0) is 39.0 Å². The number of nitrogens with zero attached hydrogens (tertiary/aromatic N) is 3. The smallest absolute Gasteiger partial charge is 0.137 e. The summed E-state index contributed by atoms with van der Waals surface area (Å²) in [4.78, 5) is 11.3. The van der Waals surface area contributed by atoms with E-state index in [0.717, 1.165) is 43.6 Å². The Bertz CT molecular complexity index is 401. The molecule has 0 radical (unpaired) electrons. The summed E-state index contributed by atoms with van der Waals surface area (Å²) in [6.07, 6.45) is 6.94. The van der Waals surface area contributed by atoms with Crippen molar-refractivity contribution in [1.82, 2.24) is 9.97 Å². The topological polar surface area (TPSA) is 41.1 Å². The molecule has 4 heteroatoms. The van der Waals surface area contributed by atoms with E-state index in [1.807, 2.05) is 0 Å². The van der Waals surface area contributed by atoms with Gasteiger partial charge in [-0.25, -0.2) is 9.97 Å². The molecule has 0 saturated heterocycles. The van der Waals surface area contributed by atoms with Crippen LogP contribution in [-0.4, -0.2) is 29.6 Å². The maximum absolute atomic E-state index is 4.50. The number of anilines is 2. The maximum Gasteiger partial charge on any atom is 0.137 e. The van der Waals surface area contributed by atoms with Crippen molar-refractivity contribution < 1.29 is 0 Å². The molecule has 1 saturated carbocycles. The van der Waals surface area contributed by atoms with Crippen molar-refractivity contribution in [2.24, 2.45) is 5.92 Å². The van der Waals surface area contributed by atoms with Gasteiger partial charge in [0, 0.05) is 25.2 Å². The Hall–Kier alpha value is -1.32. The largest absolute Gasteiger partial charge is 0.370 e. The fourth-order valence-electron chi connectivity index (χ4n) is 2.53. The van der Waals surface area contributed by atoms with Crippen LogP contribution in [0.4, 0.5) is 11.6 Å². The molecule has 0 bridgehead atoms. The van der Waals surface area contributed by atoms with Crippen LogP contribution in [0.2, 0.25) is 0 Å². The van der Waals surface area contributed by atoms with E-state index < -0.39 is 0 Å². The highest BCUT2D eigenvalue weighted by atomic mass is 15.2. The van der Waals surface area contributed by atoms with Crippen molar-refractivity contribution in [2.75, 3.05) is 29.9 Å². The van der Waals surface area contributed by atoms with Crippen LogP contribution in [0.5, 0.6) is 0 Å². The quantitative estimate of drug-likeness (QED) is 0.819. The average molecular weight is 262 g/mol. The second-order valence-electron chi connectivity index (χ2n) is 5.43. The third-order valence-corrected chi connectivity index (χ3v) is 3.98. The average Bonchev–Trinajstić information content (AvgIpc) is 2.37. The van der Waals surface area contributed by atoms with Crippen LogP contribution in [-0.2, 0) is 0 Å². The SMILES string of the molecule is CCCNc1ncnc(N(CC)CC2CCC2)c1C. The molecule has 0 amide bonds. The van der Waals surface area contributed by atoms with Gasteiger partial charge in [0.25, 0.3) is 0 Å². The van der Waals surface area contributed by atoms with Gasteiger partial charge in [0.05, 0.1) is 0 Å². The summed E-state index contributed by atoms with van der Waals surface area (Å²) in [7, 11) is 0. The Labute approximate surface area is 116 Å². The molecule has 1 heterocycles. The molecule has 0 spiro atoms. The number of rotatable bonds is 7. The first-order valence-electron chi connectivity index (χ1n) is 7.56. The predicted molar refractivity (Wildman–Crippen MR) is 80.8 cm³/mol. The lowest BCUT2D eigenvalue weighted by Gasteiger charge is -2.33. The number of hydrogen-bond acceptors (Lipinski definition) is 4. The highest BCUT2D eigenvalue weighted by Gasteiger charge is 2.22. The molecule has 1 fully saturated rings. The number of nitrogens with one attached hydrogen (secondary N) is 1. The summed E-state index contributed by atoms with van der Waals surface area (Å²) in [6.45, 7) is 9.62. The molecule has 106 valence electrons. The highest BCUT2D eigenvalue weighted by Crippen LogP contribution is 2.30. The molecule has 1 aliphatic carbocycles. The first-order valence-corrected chi connectivity index (χ1v) is 7.56. The van der Waals surface area contributed by atoms with Crippen molar-refractivity contribution in [1.29, 1.82) is 0 Å². The maximum atomic E-state index is 4.50. The van der Waals surface area contributed by atoms with Gasteiger partial charge in [0.15, 0.2) is 0 Å². The zero-order valence-electron chi connectivity index (χ0n) is 12.4. The molecule has 0 atom stereocenters. The summed E-state index contributed by atoms with van der Waals surface area (Å²) < 4.78 is 0. The van der Waals surface area contributed by atoms with Crippen LogP contribution in [0.3, 0.4) is 0 Å². The first-order chi connectivity index (χ1) is 9.26. The van der Waals surface area contributed by atoms with Gasteiger partial charge < -0.3 is 10.2 Å². The molecule has 1 aromatic heterocycles. The summed E-state index contributed by atoms with van der Waals surface area (Å²) >= 11 is 0. The van der Waals surface area contributed by atoms with Crippen molar-refractivity contribution >= 4 is 11.6 Å². The molecule has 0 aromatic carbocycles. The minimum absolute atomic E-state index is 0.862. The van der Waals surface area contributed by atoms with Gasteiger partial charge in [0.1, 0.15) is 18.0 Å². The van der Waals surface area contributed by atoms with Gasteiger partial charge in [-0.2, -0.15) is 0 Å². The lowest BCUT2D eigenvalue weighted by molar-refractivity contribution is 0.318. The molecule has 1 N–H and O–H groups in total. The van der Waals surface area contributed by atoms with Gasteiger partial charge in [0.2, 0.25) is 0 Å². The van der Waals surface area contributed by atoms with Crippen LogP contribution in [0.25, 0.3) is 0 Å². The van der Waals surface area contributed by atoms with Crippen molar-refractivity contribution in [2.45, 2.75) is 46.5 Å². The van der Waals surface area contributed by atoms with E-state index in [9.17, 15) is 0 Å². The molecule has 2 rings (SSSR count). The molecule has 19 heavy (non-hydrogen) atoms. The Morgan fingerprint density at radius 1 is 1.32 bits per heavy atom. The van der Waals surface area contributed by atoms with Crippen molar-refractivity contribution in [3.05, 3.63) is 11.9 Å². The highest BCUT2D eigenvalue weighted by molar-refractivity contribution is 5.57.